The van der Waals surface area contributed by atoms with E-state index in [0.717, 1.165) is 54.3 Å². The van der Waals surface area contributed by atoms with E-state index >= 15 is 0 Å². The molecule has 2 aromatic rings. The number of aromatic nitrogens is 3. The summed E-state index contributed by atoms with van der Waals surface area (Å²) >= 11 is 0. The number of hydrogen-bond donors (Lipinski definition) is 0. The van der Waals surface area contributed by atoms with Crippen LogP contribution in [0.4, 0.5) is 5.82 Å². The number of fused-ring (bicyclic) bond motifs is 4. The lowest BCUT2D eigenvalue weighted by atomic mass is 9.74. The lowest BCUT2D eigenvalue weighted by Crippen LogP contribution is -2.62. The monoisotopic (exact) mass is 379 g/mol. The van der Waals surface area contributed by atoms with Crippen LogP contribution < -0.4 is 4.90 Å². The molecule has 6 nitrogen and oxygen atoms in total. The van der Waals surface area contributed by atoms with Gasteiger partial charge < -0.3 is 9.42 Å². The fourth-order valence-corrected chi connectivity index (χ4v) is 6.16. The van der Waals surface area contributed by atoms with Crippen LogP contribution >= 0.6 is 0 Å². The van der Waals surface area contributed by atoms with Crippen molar-refractivity contribution in [2.24, 2.45) is 17.8 Å². The van der Waals surface area contributed by atoms with Gasteiger partial charge in [-0.15, -0.1) is 0 Å². The van der Waals surface area contributed by atoms with Crippen molar-refractivity contribution in [3.63, 3.8) is 0 Å². The highest BCUT2D eigenvalue weighted by Gasteiger charge is 2.48. The van der Waals surface area contributed by atoms with Crippen molar-refractivity contribution >= 4 is 5.82 Å². The first-order chi connectivity index (χ1) is 13.7. The number of hydrogen-bond acceptors (Lipinski definition) is 6. The predicted molar refractivity (Wildman–Crippen MR) is 107 cm³/mol. The number of aryl methyl sites for hydroxylation is 1. The van der Waals surface area contributed by atoms with E-state index in [-0.39, 0.29) is 0 Å². The largest absolute Gasteiger partial charge is 0.356 e. The molecule has 148 valence electrons. The molecule has 2 bridgehead atoms. The lowest BCUT2D eigenvalue weighted by Gasteiger charge is -2.55. The molecule has 0 amide bonds. The topological polar surface area (TPSA) is 58.3 Å². The Kier molecular flexibility index (Phi) is 3.96. The maximum atomic E-state index is 5.36. The minimum Gasteiger partial charge on any atom is -0.356 e. The van der Waals surface area contributed by atoms with E-state index in [0.29, 0.717) is 11.7 Å². The van der Waals surface area contributed by atoms with E-state index in [1.807, 2.05) is 19.2 Å². The van der Waals surface area contributed by atoms with Crippen LogP contribution in [-0.2, 0) is 0 Å². The smallest absolute Gasteiger partial charge is 0.258 e. The first kappa shape index (κ1) is 17.0. The molecular formula is C22H29N5O. The SMILES string of the molecule is Cc1noc(-c2ccnc(N3C[C@@H]4C[C@H](C3)[C@@H]3CCC[C@H](C5CC5)N3C4)c2)n1. The molecule has 6 heteroatoms. The molecule has 0 radical (unpaired) electrons. The molecule has 4 fully saturated rings. The van der Waals surface area contributed by atoms with Crippen LogP contribution in [0.5, 0.6) is 0 Å². The zero-order chi connectivity index (χ0) is 18.7. The van der Waals surface area contributed by atoms with Crippen LogP contribution in [0.25, 0.3) is 11.5 Å². The van der Waals surface area contributed by atoms with Crippen molar-refractivity contribution in [1.82, 2.24) is 20.0 Å². The summed E-state index contributed by atoms with van der Waals surface area (Å²) in [5.74, 6) is 4.88. The van der Waals surface area contributed by atoms with Gasteiger partial charge in [0, 0.05) is 43.5 Å². The average molecular weight is 380 g/mol. The minimum absolute atomic E-state index is 0.587. The summed E-state index contributed by atoms with van der Waals surface area (Å²) in [6.07, 6.45) is 10.5. The molecule has 0 spiro atoms. The van der Waals surface area contributed by atoms with Gasteiger partial charge in [0.25, 0.3) is 5.89 Å². The summed E-state index contributed by atoms with van der Waals surface area (Å²) in [5, 5.41) is 3.93. The summed E-state index contributed by atoms with van der Waals surface area (Å²) in [6.45, 7) is 5.40. The van der Waals surface area contributed by atoms with Gasteiger partial charge in [-0.05, 0) is 68.9 Å². The normalized spacial score (nSPS) is 33.0. The molecule has 3 aliphatic heterocycles. The van der Waals surface area contributed by atoms with Crippen molar-refractivity contribution in [3.05, 3.63) is 24.2 Å². The Morgan fingerprint density at radius 3 is 2.68 bits per heavy atom. The summed E-state index contributed by atoms with van der Waals surface area (Å²) in [6, 6.07) is 5.77. The predicted octanol–water partition coefficient (Wildman–Crippen LogP) is 3.53. The van der Waals surface area contributed by atoms with Gasteiger partial charge in [0.15, 0.2) is 5.82 Å². The van der Waals surface area contributed by atoms with E-state index < -0.39 is 0 Å². The maximum Gasteiger partial charge on any atom is 0.258 e. The van der Waals surface area contributed by atoms with Gasteiger partial charge >= 0.3 is 0 Å². The number of pyridine rings is 1. The molecule has 1 saturated carbocycles. The number of anilines is 1. The Morgan fingerprint density at radius 1 is 1.04 bits per heavy atom. The third-order valence-corrected chi connectivity index (χ3v) is 7.44. The summed E-state index contributed by atoms with van der Waals surface area (Å²) in [4.78, 5) is 14.5. The highest BCUT2D eigenvalue weighted by molar-refractivity contribution is 5.58. The number of rotatable bonds is 3. The highest BCUT2D eigenvalue weighted by atomic mass is 16.5. The fourth-order valence-electron chi connectivity index (χ4n) is 6.16. The number of piperidine rings is 3. The highest BCUT2D eigenvalue weighted by Crippen LogP contribution is 2.46. The van der Waals surface area contributed by atoms with Crippen LogP contribution in [0.15, 0.2) is 22.9 Å². The van der Waals surface area contributed by atoms with Gasteiger partial charge in [-0.25, -0.2) is 4.98 Å². The van der Waals surface area contributed by atoms with E-state index in [2.05, 4.69) is 26.0 Å². The summed E-state index contributed by atoms with van der Waals surface area (Å²) in [5.41, 5.74) is 0.967. The molecule has 6 rings (SSSR count). The molecular weight excluding hydrogens is 350 g/mol. The third kappa shape index (κ3) is 2.93. The summed E-state index contributed by atoms with van der Waals surface area (Å²) in [7, 11) is 0. The van der Waals surface area contributed by atoms with Gasteiger partial charge in [0.05, 0.1) is 0 Å². The van der Waals surface area contributed by atoms with Gasteiger partial charge in [0.1, 0.15) is 5.82 Å². The van der Waals surface area contributed by atoms with Crippen LogP contribution in [0.2, 0.25) is 0 Å². The van der Waals surface area contributed by atoms with E-state index in [9.17, 15) is 0 Å². The Bertz CT molecular complexity index is 862. The second kappa shape index (κ2) is 6.55. The van der Waals surface area contributed by atoms with Crippen molar-refractivity contribution in [2.45, 2.75) is 57.5 Å². The van der Waals surface area contributed by atoms with Gasteiger partial charge in [-0.3, -0.25) is 4.90 Å². The molecule has 2 aromatic heterocycles. The molecule has 4 aliphatic rings. The van der Waals surface area contributed by atoms with E-state index in [1.54, 1.807) is 0 Å². The van der Waals surface area contributed by atoms with Crippen LogP contribution in [-0.4, -0.2) is 51.7 Å². The molecule has 1 aliphatic carbocycles. The zero-order valence-electron chi connectivity index (χ0n) is 16.6. The Morgan fingerprint density at radius 2 is 1.89 bits per heavy atom. The van der Waals surface area contributed by atoms with Crippen LogP contribution in [0.3, 0.4) is 0 Å². The van der Waals surface area contributed by atoms with Crippen LogP contribution in [0.1, 0.15) is 44.3 Å². The fraction of sp³-hybridized carbons (Fsp3) is 0.682. The molecule has 0 N–H and O–H groups in total. The Balaban J connectivity index is 1.24. The van der Waals surface area contributed by atoms with Gasteiger partial charge in [-0.1, -0.05) is 11.6 Å². The van der Waals surface area contributed by atoms with Crippen molar-refractivity contribution in [3.8, 4) is 11.5 Å². The number of nitrogens with zero attached hydrogens (tertiary/aromatic N) is 5. The Labute approximate surface area is 166 Å². The standard InChI is InChI=1S/C22H29N5O/c1-14-24-22(28-25-14)17-7-8-23-21(10-17)26-11-15-9-18(13-26)20-4-2-3-19(16-5-6-16)27(20)12-15/h7-8,10,15-16,18-20H,2-6,9,11-13H2,1H3/t15-,18+,19+,20-/m0/s1. The third-order valence-electron chi connectivity index (χ3n) is 7.44. The second-order valence-corrected chi connectivity index (χ2v) is 9.42. The minimum atomic E-state index is 0.587. The summed E-state index contributed by atoms with van der Waals surface area (Å²) < 4.78 is 5.36. The molecule has 28 heavy (non-hydrogen) atoms. The maximum absolute atomic E-state index is 5.36. The van der Waals surface area contributed by atoms with E-state index in [4.69, 9.17) is 9.51 Å². The van der Waals surface area contributed by atoms with Crippen molar-refractivity contribution < 1.29 is 4.52 Å². The first-order valence-electron chi connectivity index (χ1n) is 11.0. The molecule has 0 aromatic carbocycles. The van der Waals surface area contributed by atoms with Crippen molar-refractivity contribution in [1.29, 1.82) is 0 Å². The quantitative estimate of drug-likeness (QED) is 0.813. The zero-order valence-corrected chi connectivity index (χ0v) is 16.6. The second-order valence-electron chi connectivity index (χ2n) is 9.42. The van der Waals surface area contributed by atoms with Gasteiger partial charge in [0.2, 0.25) is 0 Å². The molecule has 4 atom stereocenters. The molecule has 3 saturated heterocycles. The first-order valence-corrected chi connectivity index (χ1v) is 11.0. The molecule has 0 unspecified atom stereocenters. The van der Waals surface area contributed by atoms with Crippen molar-refractivity contribution in [2.75, 3.05) is 24.5 Å². The van der Waals surface area contributed by atoms with Crippen LogP contribution in [0, 0.1) is 24.7 Å². The van der Waals surface area contributed by atoms with Gasteiger partial charge in [-0.2, -0.15) is 4.98 Å². The Hall–Kier alpha value is -1.95. The molecule has 5 heterocycles. The lowest BCUT2D eigenvalue weighted by molar-refractivity contribution is -0.0259. The van der Waals surface area contributed by atoms with E-state index in [1.165, 1.54) is 45.1 Å². The average Bonchev–Trinajstić information content (AvgIpc) is 3.47.